The van der Waals surface area contributed by atoms with E-state index in [0.717, 1.165) is 21.5 Å². The summed E-state index contributed by atoms with van der Waals surface area (Å²) in [5.74, 6) is -0.271. The van der Waals surface area contributed by atoms with Crippen LogP contribution < -0.4 is 11.1 Å². The Balaban J connectivity index is 1.96. The molecule has 5 nitrogen and oxygen atoms in total. The second-order valence-electron chi connectivity index (χ2n) is 5.25. The molecule has 0 atom stereocenters. The first kappa shape index (κ1) is 15.0. The van der Waals surface area contributed by atoms with Gasteiger partial charge in [-0.3, -0.25) is 4.79 Å². The van der Waals surface area contributed by atoms with Gasteiger partial charge in [-0.25, -0.2) is 4.98 Å². The Morgan fingerprint density at radius 2 is 2.00 bits per heavy atom. The molecule has 0 radical (unpaired) electrons. The lowest BCUT2D eigenvalue weighted by Gasteiger charge is -2.04. The Morgan fingerprint density at radius 1 is 1.30 bits per heavy atom. The van der Waals surface area contributed by atoms with Crippen molar-refractivity contribution in [3.8, 4) is 6.07 Å². The lowest BCUT2D eigenvalue weighted by molar-refractivity contribution is 0.103. The number of nitrogens with zero attached hydrogens (tertiary/aromatic N) is 2. The molecule has 3 aromatic rings. The molecule has 0 saturated carbocycles. The summed E-state index contributed by atoms with van der Waals surface area (Å²) in [7, 11) is 0. The van der Waals surface area contributed by atoms with Crippen LogP contribution in [0.3, 0.4) is 0 Å². The Morgan fingerprint density at radius 3 is 2.65 bits per heavy atom. The van der Waals surface area contributed by atoms with Crippen LogP contribution in [-0.4, -0.2) is 10.9 Å². The van der Waals surface area contributed by atoms with E-state index in [2.05, 4.69) is 10.3 Å². The molecule has 0 unspecified atom stereocenters. The van der Waals surface area contributed by atoms with Crippen molar-refractivity contribution in [2.45, 2.75) is 13.8 Å². The van der Waals surface area contributed by atoms with Gasteiger partial charge in [0.15, 0.2) is 0 Å². The molecule has 2 heterocycles. The summed E-state index contributed by atoms with van der Waals surface area (Å²) in [6.45, 7) is 3.88. The third kappa shape index (κ3) is 2.74. The van der Waals surface area contributed by atoms with Crippen LogP contribution in [0.25, 0.3) is 10.2 Å². The van der Waals surface area contributed by atoms with Crippen molar-refractivity contribution in [1.29, 1.82) is 5.26 Å². The lowest BCUT2D eigenvalue weighted by Crippen LogP contribution is -2.11. The van der Waals surface area contributed by atoms with E-state index >= 15 is 0 Å². The molecule has 0 spiro atoms. The Hall–Kier alpha value is -2.91. The van der Waals surface area contributed by atoms with Gasteiger partial charge in [0.2, 0.25) is 0 Å². The maximum Gasteiger partial charge on any atom is 0.267 e. The molecule has 0 fully saturated rings. The van der Waals surface area contributed by atoms with Crippen LogP contribution >= 0.6 is 11.3 Å². The molecular weight excluding hydrogens is 308 g/mol. The van der Waals surface area contributed by atoms with Gasteiger partial charge in [0, 0.05) is 16.8 Å². The number of pyridine rings is 1. The molecule has 3 N–H and O–H groups in total. The van der Waals surface area contributed by atoms with E-state index < -0.39 is 0 Å². The number of nitrogens with two attached hydrogens (primary N) is 1. The standard InChI is InChI=1S/C17H14N4OS/c1-9-7-10(2)20-17-13(9)14(19)15(23-17)16(22)21-12-5-3-11(8-18)4-6-12/h3-7H,19H2,1-2H3,(H,21,22). The highest BCUT2D eigenvalue weighted by Crippen LogP contribution is 2.35. The number of nitriles is 1. The molecule has 0 saturated heterocycles. The molecule has 0 bridgehead atoms. The minimum Gasteiger partial charge on any atom is -0.397 e. The zero-order valence-electron chi connectivity index (χ0n) is 12.7. The number of rotatable bonds is 2. The highest BCUT2D eigenvalue weighted by Gasteiger charge is 2.19. The lowest BCUT2D eigenvalue weighted by atomic mass is 10.1. The largest absolute Gasteiger partial charge is 0.397 e. The van der Waals surface area contributed by atoms with Gasteiger partial charge in [-0.05, 0) is 49.7 Å². The van der Waals surface area contributed by atoms with Gasteiger partial charge in [0.05, 0.1) is 17.3 Å². The number of carbonyl (C=O) groups excluding carboxylic acids is 1. The summed E-state index contributed by atoms with van der Waals surface area (Å²) in [5.41, 5.74) is 9.69. The predicted molar refractivity (Wildman–Crippen MR) is 92.6 cm³/mol. The number of thiophene rings is 1. The molecule has 3 rings (SSSR count). The van der Waals surface area contributed by atoms with E-state index in [1.807, 2.05) is 26.0 Å². The molecule has 2 aromatic heterocycles. The zero-order chi connectivity index (χ0) is 16.6. The van der Waals surface area contributed by atoms with Crippen LogP contribution in [0.4, 0.5) is 11.4 Å². The van der Waals surface area contributed by atoms with Crippen LogP contribution in [0.15, 0.2) is 30.3 Å². The number of nitrogens with one attached hydrogen (secondary N) is 1. The minimum absolute atomic E-state index is 0.271. The quantitative estimate of drug-likeness (QED) is 0.753. The summed E-state index contributed by atoms with van der Waals surface area (Å²) >= 11 is 1.29. The van der Waals surface area contributed by atoms with E-state index in [0.29, 0.717) is 21.8 Å². The molecule has 23 heavy (non-hydrogen) atoms. The van der Waals surface area contributed by atoms with Crippen molar-refractivity contribution >= 4 is 38.8 Å². The molecule has 0 aliphatic rings. The molecule has 0 aliphatic carbocycles. The first-order valence-corrected chi connectivity index (χ1v) is 7.79. The van der Waals surface area contributed by atoms with Crippen molar-refractivity contribution in [1.82, 2.24) is 4.98 Å². The van der Waals surface area contributed by atoms with E-state index in [4.69, 9.17) is 11.0 Å². The minimum atomic E-state index is -0.271. The van der Waals surface area contributed by atoms with Crippen molar-refractivity contribution in [2.24, 2.45) is 0 Å². The highest BCUT2D eigenvalue weighted by atomic mass is 32.1. The molecule has 6 heteroatoms. The van der Waals surface area contributed by atoms with E-state index in [1.54, 1.807) is 24.3 Å². The number of carbonyl (C=O) groups is 1. The average molecular weight is 322 g/mol. The second-order valence-corrected chi connectivity index (χ2v) is 6.25. The summed E-state index contributed by atoms with van der Waals surface area (Å²) in [5, 5.41) is 12.4. The predicted octanol–water partition coefficient (Wildman–Crippen LogP) is 3.62. The first-order valence-electron chi connectivity index (χ1n) is 6.97. The maximum absolute atomic E-state index is 12.5. The van der Waals surface area contributed by atoms with Gasteiger partial charge in [0.25, 0.3) is 5.91 Å². The van der Waals surface area contributed by atoms with E-state index in [-0.39, 0.29) is 5.91 Å². The topological polar surface area (TPSA) is 91.8 Å². The number of hydrogen-bond donors (Lipinski definition) is 2. The van der Waals surface area contributed by atoms with Crippen LogP contribution in [0.5, 0.6) is 0 Å². The number of fused-ring (bicyclic) bond motifs is 1. The third-order valence-corrected chi connectivity index (χ3v) is 4.60. The highest BCUT2D eigenvalue weighted by molar-refractivity contribution is 7.21. The van der Waals surface area contributed by atoms with E-state index in [1.165, 1.54) is 11.3 Å². The molecule has 0 aliphatic heterocycles. The van der Waals surface area contributed by atoms with Crippen LogP contribution in [0, 0.1) is 25.2 Å². The fourth-order valence-electron chi connectivity index (χ4n) is 2.45. The molecule has 1 aromatic carbocycles. The van der Waals surface area contributed by atoms with E-state index in [9.17, 15) is 4.79 Å². The second kappa shape index (κ2) is 5.71. The molecule has 1 amide bonds. The summed E-state index contributed by atoms with van der Waals surface area (Å²) < 4.78 is 0. The van der Waals surface area contributed by atoms with Crippen LogP contribution in [0.2, 0.25) is 0 Å². The van der Waals surface area contributed by atoms with Gasteiger partial charge in [0.1, 0.15) is 9.71 Å². The third-order valence-electron chi connectivity index (χ3n) is 3.50. The smallest absolute Gasteiger partial charge is 0.267 e. The van der Waals surface area contributed by atoms with Crippen molar-refractivity contribution in [2.75, 3.05) is 11.1 Å². The Bertz CT molecular complexity index is 951. The maximum atomic E-state index is 12.5. The normalized spacial score (nSPS) is 10.5. The average Bonchev–Trinajstić information content (AvgIpc) is 2.85. The number of aromatic nitrogens is 1. The summed E-state index contributed by atoms with van der Waals surface area (Å²) in [6, 6.07) is 10.7. The van der Waals surface area contributed by atoms with Crippen LogP contribution in [0.1, 0.15) is 26.5 Å². The Labute approximate surface area is 137 Å². The van der Waals surface area contributed by atoms with Gasteiger partial charge in [-0.2, -0.15) is 5.26 Å². The van der Waals surface area contributed by atoms with Gasteiger partial charge >= 0.3 is 0 Å². The monoisotopic (exact) mass is 322 g/mol. The SMILES string of the molecule is Cc1cc(C)c2c(N)c(C(=O)Nc3ccc(C#N)cc3)sc2n1. The van der Waals surface area contributed by atoms with Crippen LogP contribution in [-0.2, 0) is 0 Å². The molecule has 114 valence electrons. The number of amides is 1. The fraction of sp³-hybridized carbons (Fsp3) is 0.118. The Kier molecular flexibility index (Phi) is 3.72. The van der Waals surface area contributed by atoms with Crippen molar-refractivity contribution in [3.05, 3.63) is 52.0 Å². The summed E-state index contributed by atoms with van der Waals surface area (Å²) in [4.78, 5) is 18.2. The number of nitrogen functional groups attached to an aromatic ring is 1. The van der Waals surface area contributed by atoms with Crippen molar-refractivity contribution < 1.29 is 4.79 Å². The number of benzene rings is 1. The van der Waals surface area contributed by atoms with Gasteiger partial charge in [-0.1, -0.05) is 0 Å². The van der Waals surface area contributed by atoms with Gasteiger partial charge in [-0.15, -0.1) is 11.3 Å². The fourth-order valence-corrected chi connectivity index (χ4v) is 3.57. The van der Waals surface area contributed by atoms with Gasteiger partial charge < -0.3 is 11.1 Å². The number of aryl methyl sites for hydroxylation is 2. The molecular formula is C17H14N4OS. The number of hydrogen-bond acceptors (Lipinski definition) is 5. The zero-order valence-corrected chi connectivity index (χ0v) is 13.5. The van der Waals surface area contributed by atoms with Crippen molar-refractivity contribution in [3.63, 3.8) is 0 Å². The summed E-state index contributed by atoms with van der Waals surface area (Å²) in [6.07, 6.45) is 0. The number of anilines is 2. The first-order chi connectivity index (χ1) is 11.0.